The van der Waals surface area contributed by atoms with Gasteiger partial charge in [-0.15, -0.1) is 0 Å². The number of carbonyl (C=O) groups is 1. The summed E-state index contributed by atoms with van der Waals surface area (Å²) in [4.78, 5) is 24.2. The van der Waals surface area contributed by atoms with Gasteiger partial charge in [0.05, 0.1) is 40.2 Å². The molecule has 1 amide bonds. The fourth-order valence-corrected chi connectivity index (χ4v) is 3.59. The Bertz CT molecular complexity index is 1090. The Kier molecular flexibility index (Phi) is 6.89. The summed E-state index contributed by atoms with van der Waals surface area (Å²) in [5, 5.41) is 2.84. The third-order valence-corrected chi connectivity index (χ3v) is 5.28. The van der Waals surface area contributed by atoms with E-state index in [1.54, 1.807) is 30.5 Å². The summed E-state index contributed by atoms with van der Waals surface area (Å²) < 4.78 is 21.4. The summed E-state index contributed by atoms with van der Waals surface area (Å²) in [6.07, 6.45) is 1.77. The molecule has 1 N–H and O–H groups in total. The van der Waals surface area contributed by atoms with Gasteiger partial charge >= 0.3 is 0 Å². The molecule has 0 spiro atoms. The van der Waals surface area contributed by atoms with Gasteiger partial charge in [0.15, 0.2) is 11.5 Å². The lowest BCUT2D eigenvalue weighted by Gasteiger charge is -2.27. The minimum Gasteiger partial charge on any atom is -0.493 e. The molecule has 0 radical (unpaired) electrons. The number of amides is 1. The number of methoxy groups -OCH3 is 3. The van der Waals surface area contributed by atoms with Crippen LogP contribution < -0.4 is 24.4 Å². The number of nitrogens with one attached hydrogen (secondary N) is 1. The first-order chi connectivity index (χ1) is 16.1. The molecule has 0 bridgehead atoms. The Balaban J connectivity index is 1.52. The highest BCUT2D eigenvalue weighted by Crippen LogP contribution is 2.40. The molecule has 3 aromatic rings. The normalized spacial score (nSPS) is 13.4. The molecule has 33 heavy (non-hydrogen) atoms. The molecule has 1 aliphatic heterocycles. The Morgan fingerprint density at radius 1 is 1.00 bits per heavy atom. The van der Waals surface area contributed by atoms with Crippen LogP contribution in [0.3, 0.4) is 0 Å². The molecule has 2 aromatic heterocycles. The van der Waals surface area contributed by atoms with Gasteiger partial charge in [-0.1, -0.05) is 6.07 Å². The molecule has 0 atom stereocenters. The zero-order valence-electron chi connectivity index (χ0n) is 18.8. The Labute approximate surface area is 192 Å². The van der Waals surface area contributed by atoms with Crippen LogP contribution in [-0.2, 0) is 4.74 Å². The van der Waals surface area contributed by atoms with Crippen LogP contribution in [0.2, 0.25) is 0 Å². The van der Waals surface area contributed by atoms with E-state index in [9.17, 15) is 4.79 Å². The monoisotopic (exact) mass is 450 g/mol. The Hall–Kier alpha value is -3.85. The van der Waals surface area contributed by atoms with E-state index < -0.39 is 0 Å². The van der Waals surface area contributed by atoms with Crippen molar-refractivity contribution in [1.82, 2.24) is 9.97 Å². The molecular weight excluding hydrogens is 424 g/mol. The molecule has 172 valence electrons. The number of nitrogens with zero attached hydrogens (tertiary/aromatic N) is 3. The van der Waals surface area contributed by atoms with Crippen molar-refractivity contribution in [3.05, 3.63) is 54.4 Å². The molecule has 3 heterocycles. The number of morpholine rings is 1. The summed E-state index contributed by atoms with van der Waals surface area (Å²) in [7, 11) is 4.56. The average Bonchev–Trinajstić information content (AvgIpc) is 2.88. The SMILES string of the molecule is COc1cc(NC(=O)c2cccc(-c3ccc(N4CCOCC4)nc3)n2)cc(OC)c1OC. The van der Waals surface area contributed by atoms with Gasteiger partial charge in [-0.05, 0) is 24.3 Å². The number of rotatable bonds is 7. The van der Waals surface area contributed by atoms with E-state index >= 15 is 0 Å². The molecular formula is C24H26N4O5. The number of ether oxygens (including phenoxy) is 4. The van der Waals surface area contributed by atoms with Crippen LogP contribution in [0.1, 0.15) is 10.5 Å². The molecule has 4 rings (SSSR count). The van der Waals surface area contributed by atoms with E-state index in [1.807, 2.05) is 18.2 Å². The standard InChI is InChI=1S/C24H26N4O5/c1-30-20-13-17(14-21(31-2)23(20)32-3)26-24(29)19-6-4-5-18(27-19)16-7-8-22(25-15-16)28-9-11-33-12-10-28/h4-8,13-15H,9-12H2,1-3H3,(H,26,29). The fourth-order valence-electron chi connectivity index (χ4n) is 3.59. The first kappa shape index (κ1) is 22.3. The second-order valence-corrected chi connectivity index (χ2v) is 7.28. The number of anilines is 2. The molecule has 1 aliphatic rings. The summed E-state index contributed by atoms with van der Waals surface area (Å²) in [5.41, 5.74) is 2.26. The third kappa shape index (κ3) is 4.98. The van der Waals surface area contributed by atoms with Gasteiger partial charge in [0, 0.05) is 42.7 Å². The number of carbonyl (C=O) groups excluding carboxylic acids is 1. The van der Waals surface area contributed by atoms with Crippen molar-refractivity contribution in [2.45, 2.75) is 0 Å². The molecule has 0 aliphatic carbocycles. The summed E-state index contributed by atoms with van der Waals surface area (Å²) in [5.74, 6) is 1.88. The van der Waals surface area contributed by atoms with Crippen molar-refractivity contribution in [3.63, 3.8) is 0 Å². The lowest BCUT2D eigenvalue weighted by Crippen LogP contribution is -2.36. The highest BCUT2D eigenvalue weighted by atomic mass is 16.5. The largest absolute Gasteiger partial charge is 0.493 e. The van der Waals surface area contributed by atoms with Gasteiger partial charge in [0.2, 0.25) is 5.75 Å². The minimum absolute atomic E-state index is 0.276. The van der Waals surface area contributed by atoms with Gasteiger partial charge < -0.3 is 29.2 Å². The molecule has 1 fully saturated rings. The number of benzene rings is 1. The molecule has 9 nitrogen and oxygen atoms in total. The maximum absolute atomic E-state index is 12.9. The van der Waals surface area contributed by atoms with Gasteiger partial charge in [0.1, 0.15) is 11.5 Å². The van der Waals surface area contributed by atoms with Crippen LogP contribution in [0.15, 0.2) is 48.7 Å². The van der Waals surface area contributed by atoms with Crippen molar-refractivity contribution < 1.29 is 23.7 Å². The Morgan fingerprint density at radius 2 is 1.73 bits per heavy atom. The van der Waals surface area contributed by atoms with Crippen molar-refractivity contribution in [3.8, 4) is 28.5 Å². The molecule has 9 heteroatoms. The average molecular weight is 450 g/mol. The smallest absolute Gasteiger partial charge is 0.274 e. The minimum atomic E-state index is -0.357. The van der Waals surface area contributed by atoms with Crippen LogP contribution in [-0.4, -0.2) is 63.5 Å². The molecule has 1 saturated heterocycles. The van der Waals surface area contributed by atoms with E-state index in [0.717, 1.165) is 24.5 Å². The number of aromatic nitrogens is 2. The number of pyridine rings is 2. The van der Waals surface area contributed by atoms with Crippen LogP contribution in [0.4, 0.5) is 11.5 Å². The predicted molar refractivity (Wildman–Crippen MR) is 125 cm³/mol. The third-order valence-electron chi connectivity index (χ3n) is 5.28. The molecule has 1 aromatic carbocycles. The van der Waals surface area contributed by atoms with Crippen LogP contribution in [0.25, 0.3) is 11.3 Å². The van der Waals surface area contributed by atoms with Gasteiger partial charge in [-0.3, -0.25) is 4.79 Å². The van der Waals surface area contributed by atoms with Gasteiger partial charge in [-0.25, -0.2) is 9.97 Å². The maximum atomic E-state index is 12.9. The maximum Gasteiger partial charge on any atom is 0.274 e. The van der Waals surface area contributed by atoms with E-state index in [4.69, 9.17) is 18.9 Å². The van der Waals surface area contributed by atoms with Crippen LogP contribution >= 0.6 is 0 Å². The lowest BCUT2D eigenvalue weighted by atomic mass is 10.1. The van der Waals surface area contributed by atoms with Crippen molar-refractivity contribution in [1.29, 1.82) is 0 Å². The topological polar surface area (TPSA) is 95.0 Å². The molecule has 0 unspecified atom stereocenters. The molecule has 0 saturated carbocycles. The summed E-state index contributed by atoms with van der Waals surface area (Å²) >= 11 is 0. The second-order valence-electron chi connectivity index (χ2n) is 7.28. The highest BCUT2D eigenvalue weighted by Gasteiger charge is 2.17. The predicted octanol–water partition coefficient (Wildman–Crippen LogP) is 3.26. The first-order valence-corrected chi connectivity index (χ1v) is 10.5. The quantitative estimate of drug-likeness (QED) is 0.586. The van der Waals surface area contributed by atoms with Gasteiger partial charge in [0.25, 0.3) is 5.91 Å². The van der Waals surface area contributed by atoms with Crippen LogP contribution in [0, 0.1) is 0 Å². The number of hydrogen-bond acceptors (Lipinski definition) is 8. The zero-order valence-corrected chi connectivity index (χ0v) is 18.8. The summed E-state index contributed by atoms with van der Waals surface area (Å²) in [6.45, 7) is 3.05. The second kappa shape index (κ2) is 10.2. The van der Waals surface area contributed by atoms with Gasteiger partial charge in [-0.2, -0.15) is 0 Å². The first-order valence-electron chi connectivity index (χ1n) is 10.5. The van der Waals surface area contributed by atoms with Crippen molar-refractivity contribution >= 4 is 17.4 Å². The Morgan fingerprint density at radius 3 is 2.33 bits per heavy atom. The highest BCUT2D eigenvalue weighted by molar-refractivity contribution is 6.03. The van der Waals surface area contributed by atoms with E-state index in [-0.39, 0.29) is 11.6 Å². The fraction of sp³-hybridized carbons (Fsp3) is 0.292. The summed E-state index contributed by atoms with van der Waals surface area (Å²) in [6, 6.07) is 12.6. The van der Waals surface area contributed by atoms with Crippen molar-refractivity contribution in [2.75, 3.05) is 57.8 Å². The van der Waals surface area contributed by atoms with Crippen LogP contribution in [0.5, 0.6) is 17.2 Å². The van der Waals surface area contributed by atoms with E-state index in [1.165, 1.54) is 21.3 Å². The number of hydrogen-bond donors (Lipinski definition) is 1. The zero-order chi connectivity index (χ0) is 23.2. The van der Waals surface area contributed by atoms with E-state index in [0.29, 0.717) is 41.8 Å². The van der Waals surface area contributed by atoms with Crippen molar-refractivity contribution in [2.24, 2.45) is 0 Å². The lowest BCUT2D eigenvalue weighted by molar-refractivity contribution is 0.102. The van der Waals surface area contributed by atoms with E-state index in [2.05, 4.69) is 20.2 Å².